The van der Waals surface area contributed by atoms with Gasteiger partial charge in [-0.25, -0.2) is 9.48 Å². The first-order valence-electron chi connectivity index (χ1n) is 4.90. The number of hydrogen-bond acceptors (Lipinski definition) is 4. The van der Waals surface area contributed by atoms with Crippen LogP contribution < -0.4 is 0 Å². The predicted octanol–water partition coefficient (Wildman–Crippen LogP) is 1.60. The first kappa shape index (κ1) is 12.0. The highest BCUT2D eigenvalue weighted by atomic mass is 35.5. The molecule has 0 aliphatic carbocycles. The molecule has 1 aromatic heterocycles. The van der Waals surface area contributed by atoms with Crippen molar-refractivity contribution in [3.63, 3.8) is 0 Å². The molecule has 1 rings (SSSR count). The molecule has 0 amide bonds. The summed E-state index contributed by atoms with van der Waals surface area (Å²) in [4.78, 5) is 11.4. The van der Waals surface area contributed by atoms with Crippen molar-refractivity contribution in [2.24, 2.45) is 0 Å². The van der Waals surface area contributed by atoms with Gasteiger partial charge in [0.15, 0.2) is 5.69 Å². The first-order valence-corrected chi connectivity index (χ1v) is 5.43. The fourth-order valence-electron chi connectivity index (χ4n) is 1.21. The van der Waals surface area contributed by atoms with Crippen LogP contribution in [0.2, 0.25) is 0 Å². The Bertz CT molecular complexity index is 338. The molecule has 0 fully saturated rings. The Morgan fingerprint density at radius 2 is 2.27 bits per heavy atom. The summed E-state index contributed by atoms with van der Waals surface area (Å²) in [7, 11) is 0. The third kappa shape index (κ3) is 2.68. The van der Waals surface area contributed by atoms with Gasteiger partial charge in [-0.3, -0.25) is 0 Å². The number of aromatic nitrogens is 3. The monoisotopic (exact) mass is 231 g/mol. The lowest BCUT2D eigenvalue weighted by Gasteiger charge is -2.02. The molecule has 0 atom stereocenters. The molecule has 5 nitrogen and oxygen atoms in total. The van der Waals surface area contributed by atoms with E-state index in [-0.39, 0.29) is 11.6 Å². The number of ether oxygens (including phenoxy) is 1. The lowest BCUT2D eigenvalue weighted by Crippen LogP contribution is -2.09. The first-order chi connectivity index (χ1) is 7.24. The average molecular weight is 232 g/mol. The van der Waals surface area contributed by atoms with Crippen LogP contribution in [0, 0.1) is 0 Å². The maximum absolute atomic E-state index is 11.4. The van der Waals surface area contributed by atoms with Gasteiger partial charge in [-0.15, -0.1) is 16.7 Å². The number of nitrogens with zero attached hydrogens (tertiary/aromatic N) is 3. The zero-order valence-electron chi connectivity index (χ0n) is 8.86. The van der Waals surface area contributed by atoms with Gasteiger partial charge < -0.3 is 4.74 Å². The molecule has 0 bridgehead atoms. The molecular weight excluding hydrogens is 218 g/mol. The van der Waals surface area contributed by atoms with Crippen LogP contribution >= 0.6 is 11.6 Å². The topological polar surface area (TPSA) is 57.0 Å². The van der Waals surface area contributed by atoms with Crippen LogP contribution in [-0.2, 0) is 17.2 Å². The molecule has 0 aliphatic rings. The quantitative estimate of drug-likeness (QED) is 0.571. The van der Waals surface area contributed by atoms with E-state index in [4.69, 9.17) is 16.3 Å². The molecular formula is C9H14ClN3O2. The Morgan fingerprint density at radius 3 is 2.80 bits per heavy atom. The summed E-state index contributed by atoms with van der Waals surface area (Å²) >= 11 is 5.75. The minimum absolute atomic E-state index is 0.209. The van der Waals surface area contributed by atoms with Gasteiger partial charge in [0.25, 0.3) is 0 Å². The molecule has 1 aromatic rings. The Balaban J connectivity index is 2.92. The summed E-state index contributed by atoms with van der Waals surface area (Å²) in [5, 5.41) is 7.64. The standard InChI is InChI=1S/C9H14ClN3O2/c1-3-5-13-7(6-10)8(11-12-13)9(14)15-4-2/h3-6H2,1-2H3. The molecule has 0 aromatic carbocycles. The van der Waals surface area contributed by atoms with Crippen molar-refractivity contribution in [3.05, 3.63) is 11.4 Å². The second kappa shape index (κ2) is 5.70. The van der Waals surface area contributed by atoms with Crippen molar-refractivity contribution in [2.75, 3.05) is 6.61 Å². The molecule has 0 saturated carbocycles. The number of halogens is 1. The van der Waals surface area contributed by atoms with E-state index in [1.54, 1.807) is 11.6 Å². The summed E-state index contributed by atoms with van der Waals surface area (Å²) in [6.07, 6.45) is 0.912. The second-order valence-corrected chi connectivity index (χ2v) is 3.23. The van der Waals surface area contributed by atoms with Gasteiger partial charge in [-0.05, 0) is 13.3 Å². The van der Waals surface area contributed by atoms with E-state index in [0.717, 1.165) is 6.42 Å². The van der Waals surface area contributed by atoms with Crippen LogP contribution in [0.5, 0.6) is 0 Å². The fourth-order valence-corrected chi connectivity index (χ4v) is 1.48. The van der Waals surface area contributed by atoms with Gasteiger partial charge in [-0.1, -0.05) is 12.1 Å². The summed E-state index contributed by atoms with van der Waals surface area (Å²) in [6, 6.07) is 0. The largest absolute Gasteiger partial charge is 0.461 e. The van der Waals surface area contributed by atoms with Crippen LogP contribution in [0.25, 0.3) is 0 Å². The van der Waals surface area contributed by atoms with Crippen LogP contribution in [0.3, 0.4) is 0 Å². The van der Waals surface area contributed by atoms with E-state index < -0.39 is 5.97 Å². The van der Waals surface area contributed by atoms with Gasteiger partial charge in [0.1, 0.15) is 0 Å². The van der Waals surface area contributed by atoms with Crippen molar-refractivity contribution < 1.29 is 9.53 Å². The van der Waals surface area contributed by atoms with E-state index in [0.29, 0.717) is 18.8 Å². The molecule has 0 saturated heterocycles. The van der Waals surface area contributed by atoms with Crippen LogP contribution in [0.15, 0.2) is 0 Å². The lowest BCUT2D eigenvalue weighted by atomic mass is 10.3. The third-order valence-corrected chi connectivity index (χ3v) is 2.12. The zero-order chi connectivity index (χ0) is 11.3. The Morgan fingerprint density at radius 1 is 1.53 bits per heavy atom. The Hall–Kier alpha value is -1.10. The highest BCUT2D eigenvalue weighted by molar-refractivity contribution is 6.17. The number of alkyl halides is 1. The van der Waals surface area contributed by atoms with Crippen molar-refractivity contribution in [1.82, 2.24) is 15.0 Å². The number of carbonyl (C=O) groups excluding carboxylic acids is 1. The van der Waals surface area contributed by atoms with E-state index in [1.165, 1.54) is 0 Å². The lowest BCUT2D eigenvalue weighted by molar-refractivity contribution is 0.0518. The maximum Gasteiger partial charge on any atom is 0.360 e. The van der Waals surface area contributed by atoms with Gasteiger partial charge in [0.2, 0.25) is 0 Å². The van der Waals surface area contributed by atoms with E-state index in [2.05, 4.69) is 10.3 Å². The number of hydrogen-bond donors (Lipinski definition) is 0. The zero-order valence-corrected chi connectivity index (χ0v) is 9.62. The molecule has 84 valence electrons. The Labute approximate surface area is 93.4 Å². The summed E-state index contributed by atoms with van der Waals surface area (Å²) in [5.74, 6) is -0.253. The van der Waals surface area contributed by atoms with Crippen molar-refractivity contribution in [2.45, 2.75) is 32.7 Å². The smallest absolute Gasteiger partial charge is 0.360 e. The SMILES string of the molecule is CCCn1nnc(C(=O)OCC)c1CCl. The van der Waals surface area contributed by atoms with Gasteiger partial charge in [0.05, 0.1) is 18.2 Å². The fraction of sp³-hybridized carbons (Fsp3) is 0.667. The average Bonchev–Trinajstić information content (AvgIpc) is 2.62. The van der Waals surface area contributed by atoms with Crippen molar-refractivity contribution in [1.29, 1.82) is 0 Å². The molecule has 6 heteroatoms. The predicted molar refractivity (Wildman–Crippen MR) is 55.8 cm³/mol. The minimum Gasteiger partial charge on any atom is -0.461 e. The molecule has 1 heterocycles. The number of carbonyl (C=O) groups is 1. The Kier molecular flexibility index (Phi) is 4.55. The molecule has 0 radical (unpaired) electrons. The normalized spacial score (nSPS) is 10.3. The summed E-state index contributed by atoms with van der Waals surface area (Å²) in [5.41, 5.74) is 0.845. The molecule has 15 heavy (non-hydrogen) atoms. The third-order valence-electron chi connectivity index (χ3n) is 1.87. The van der Waals surface area contributed by atoms with Crippen molar-refractivity contribution in [3.8, 4) is 0 Å². The summed E-state index contributed by atoms with van der Waals surface area (Å²) < 4.78 is 6.49. The van der Waals surface area contributed by atoms with Gasteiger partial charge >= 0.3 is 5.97 Å². The van der Waals surface area contributed by atoms with Crippen LogP contribution in [0.1, 0.15) is 36.5 Å². The number of aryl methyl sites for hydroxylation is 1. The van der Waals surface area contributed by atoms with Crippen LogP contribution in [0.4, 0.5) is 0 Å². The minimum atomic E-state index is -0.462. The van der Waals surface area contributed by atoms with Gasteiger partial charge in [0, 0.05) is 6.54 Å². The summed E-state index contributed by atoms with van der Waals surface area (Å²) in [6.45, 7) is 4.79. The molecule has 0 spiro atoms. The maximum atomic E-state index is 11.4. The van der Waals surface area contributed by atoms with E-state index >= 15 is 0 Å². The van der Waals surface area contributed by atoms with Gasteiger partial charge in [-0.2, -0.15) is 0 Å². The second-order valence-electron chi connectivity index (χ2n) is 2.96. The molecule has 0 N–H and O–H groups in total. The highest BCUT2D eigenvalue weighted by Gasteiger charge is 2.19. The molecule has 0 unspecified atom stereocenters. The number of rotatable bonds is 5. The molecule has 0 aliphatic heterocycles. The van der Waals surface area contributed by atoms with Crippen molar-refractivity contribution >= 4 is 17.6 Å². The van der Waals surface area contributed by atoms with Crippen LogP contribution in [-0.4, -0.2) is 27.6 Å². The highest BCUT2D eigenvalue weighted by Crippen LogP contribution is 2.10. The number of esters is 1. The van der Waals surface area contributed by atoms with E-state index in [1.807, 2.05) is 6.92 Å². The van der Waals surface area contributed by atoms with E-state index in [9.17, 15) is 4.79 Å².